The van der Waals surface area contributed by atoms with Gasteiger partial charge in [-0.25, -0.2) is 9.67 Å². The van der Waals surface area contributed by atoms with Crippen molar-refractivity contribution in [2.45, 2.75) is 26.8 Å². The van der Waals surface area contributed by atoms with Crippen molar-refractivity contribution in [1.82, 2.24) is 14.8 Å². The van der Waals surface area contributed by atoms with Crippen LogP contribution in [0.25, 0.3) is 0 Å². The molecule has 0 aliphatic carbocycles. The van der Waals surface area contributed by atoms with Gasteiger partial charge in [-0.15, -0.1) is 11.3 Å². The second-order valence-electron chi connectivity index (χ2n) is 4.24. The van der Waals surface area contributed by atoms with Gasteiger partial charge >= 0.3 is 0 Å². The molecule has 0 aliphatic heterocycles. The number of hydrogen-bond acceptors (Lipinski definition) is 5. The van der Waals surface area contributed by atoms with Gasteiger partial charge in [-0.05, 0) is 20.8 Å². The average molecular weight is 266 g/mol. The monoisotopic (exact) mass is 266 g/mol. The summed E-state index contributed by atoms with van der Waals surface area (Å²) in [6.45, 7) is 6.21. The van der Waals surface area contributed by atoms with Crippen LogP contribution in [0.2, 0.25) is 0 Å². The van der Waals surface area contributed by atoms with Crippen LogP contribution in [0.15, 0.2) is 6.07 Å². The molecule has 1 N–H and O–H groups in total. The van der Waals surface area contributed by atoms with Gasteiger partial charge in [0.2, 0.25) is 5.88 Å². The maximum absolute atomic E-state index is 5.19. The minimum atomic E-state index is 0.134. The zero-order valence-electron chi connectivity index (χ0n) is 11.3. The fraction of sp³-hybridized carbons (Fsp3) is 0.500. The number of aryl methyl sites for hydroxylation is 3. The Kier molecular flexibility index (Phi) is 3.56. The average Bonchev–Trinajstić information content (AvgIpc) is 2.81. The molecule has 0 bridgehead atoms. The molecule has 6 heteroatoms. The number of nitrogens with one attached hydrogen (secondary N) is 1. The molecule has 0 spiro atoms. The van der Waals surface area contributed by atoms with Crippen molar-refractivity contribution in [1.29, 1.82) is 0 Å². The van der Waals surface area contributed by atoms with E-state index in [-0.39, 0.29) is 6.04 Å². The maximum atomic E-state index is 5.19. The van der Waals surface area contributed by atoms with Crippen molar-refractivity contribution in [2.24, 2.45) is 7.05 Å². The molecule has 0 aromatic carbocycles. The molecule has 5 nitrogen and oxygen atoms in total. The van der Waals surface area contributed by atoms with Crippen LogP contribution >= 0.6 is 11.3 Å². The molecule has 0 amide bonds. The van der Waals surface area contributed by atoms with Gasteiger partial charge in [-0.1, -0.05) is 0 Å². The first-order valence-corrected chi connectivity index (χ1v) is 6.61. The lowest BCUT2D eigenvalue weighted by atomic mass is 10.2. The molecule has 0 radical (unpaired) electrons. The molecule has 18 heavy (non-hydrogen) atoms. The lowest BCUT2D eigenvalue weighted by Crippen LogP contribution is -2.09. The summed E-state index contributed by atoms with van der Waals surface area (Å²) in [5.41, 5.74) is 1.09. The Hall–Kier alpha value is -1.56. The summed E-state index contributed by atoms with van der Waals surface area (Å²) in [6.07, 6.45) is 0. The molecule has 0 saturated carbocycles. The van der Waals surface area contributed by atoms with Gasteiger partial charge in [0, 0.05) is 18.0 Å². The molecular weight excluding hydrogens is 248 g/mol. The van der Waals surface area contributed by atoms with Crippen LogP contribution in [0.1, 0.15) is 28.5 Å². The summed E-state index contributed by atoms with van der Waals surface area (Å²) in [7, 11) is 3.49. The number of aromatic nitrogens is 3. The molecular formula is C12H18N4OS. The van der Waals surface area contributed by atoms with E-state index in [1.807, 2.05) is 20.0 Å². The standard InChI is InChI=1S/C12H18N4OS/c1-7(12-8(2)18-9(3)14-12)13-10-6-11(17-5)16(4)15-10/h6-7H,1-5H3,(H,13,15). The van der Waals surface area contributed by atoms with Gasteiger partial charge in [0.25, 0.3) is 0 Å². The van der Waals surface area contributed by atoms with Crippen molar-refractivity contribution in [3.05, 3.63) is 21.6 Å². The highest BCUT2D eigenvalue weighted by Gasteiger charge is 2.15. The Labute approximate surface area is 111 Å². The van der Waals surface area contributed by atoms with E-state index < -0.39 is 0 Å². The zero-order valence-corrected chi connectivity index (χ0v) is 12.1. The van der Waals surface area contributed by atoms with Gasteiger partial charge in [-0.2, -0.15) is 5.10 Å². The highest BCUT2D eigenvalue weighted by molar-refractivity contribution is 7.11. The number of nitrogens with zero attached hydrogens (tertiary/aromatic N) is 3. The molecule has 1 unspecified atom stereocenters. The third-order valence-electron chi connectivity index (χ3n) is 2.76. The lowest BCUT2D eigenvalue weighted by molar-refractivity contribution is 0.373. The van der Waals surface area contributed by atoms with Crippen molar-refractivity contribution < 1.29 is 4.74 Å². The maximum Gasteiger partial charge on any atom is 0.213 e. The first-order chi connectivity index (χ1) is 8.51. The van der Waals surface area contributed by atoms with Crippen LogP contribution in [-0.4, -0.2) is 21.9 Å². The van der Waals surface area contributed by atoms with Crippen LogP contribution in [0.5, 0.6) is 5.88 Å². The predicted octanol–water partition coefficient (Wildman–Crippen LogP) is 2.68. The normalized spacial score (nSPS) is 12.5. The summed E-state index contributed by atoms with van der Waals surface area (Å²) >= 11 is 1.72. The topological polar surface area (TPSA) is 52.0 Å². The van der Waals surface area contributed by atoms with Crippen LogP contribution < -0.4 is 10.1 Å². The summed E-state index contributed by atoms with van der Waals surface area (Å²) in [6, 6.07) is 2.01. The zero-order chi connectivity index (χ0) is 13.3. The third kappa shape index (κ3) is 2.48. The molecule has 2 heterocycles. The van der Waals surface area contributed by atoms with Gasteiger partial charge in [0.1, 0.15) is 0 Å². The predicted molar refractivity (Wildman–Crippen MR) is 73.4 cm³/mol. The van der Waals surface area contributed by atoms with Crippen LogP contribution in [0.4, 0.5) is 5.82 Å². The lowest BCUT2D eigenvalue weighted by Gasteiger charge is -2.11. The molecule has 1 atom stereocenters. The van der Waals surface area contributed by atoms with E-state index in [4.69, 9.17) is 4.74 Å². The molecule has 0 saturated heterocycles. The van der Waals surface area contributed by atoms with Crippen molar-refractivity contribution >= 4 is 17.2 Å². The minimum absolute atomic E-state index is 0.134. The molecule has 2 aromatic rings. The van der Waals surface area contributed by atoms with Crippen molar-refractivity contribution in [3.8, 4) is 5.88 Å². The minimum Gasteiger partial charge on any atom is -0.481 e. The van der Waals surface area contributed by atoms with Crippen LogP contribution in [0.3, 0.4) is 0 Å². The summed E-state index contributed by atoms with van der Waals surface area (Å²) in [4.78, 5) is 5.79. The Bertz CT molecular complexity index is 546. The fourth-order valence-electron chi connectivity index (χ4n) is 1.95. The van der Waals surface area contributed by atoms with E-state index in [0.717, 1.165) is 22.4 Å². The number of anilines is 1. The van der Waals surface area contributed by atoms with E-state index in [9.17, 15) is 0 Å². The fourth-order valence-corrected chi connectivity index (χ4v) is 2.86. The Morgan fingerprint density at radius 1 is 1.44 bits per heavy atom. The van der Waals surface area contributed by atoms with Crippen LogP contribution in [0, 0.1) is 13.8 Å². The van der Waals surface area contributed by atoms with Crippen molar-refractivity contribution in [3.63, 3.8) is 0 Å². The smallest absolute Gasteiger partial charge is 0.213 e. The number of rotatable bonds is 4. The summed E-state index contributed by atoms with van der Waals surface area (Å²) < 4.78 is 6.89. The van der Waals surface area contributed by atoms with Gasteiger partial charge in [-0.3, -0.25) is 0 Å². The van der Waals surface area contributed by atoms with E-state index in [1.165, 1.54) is 4.88 Å². The molecule has 2 aromatic heterocycles. The Morgan fingerprint density at radius 3 is 2.67 bits per heavy atom. The largest absolute Gasteiger partial charge is 0.481 e. The second-order valence-corrected chi connectivity index (χ2v) is 5.64. The molecule has 98 valence electrons. The second kappa shape index (κ2) is 4.97. The van der Waals surface area contributed by atoms with Crippen LogP contribution in [-0.2, 0) is 7.05 Å². The number of thiazole rings is 1. The number of hydrogen-bond donors (Lipinski definition) is 1. The van der Waals surface area contributed by atoms with E-state index >= 15 is 0 Å². The summed E-state index contributed by atoms with van der Waals surface area (Å²) in [5.74, 6) is 1.53. The SMILES string of the molecule is COc1cc(NC(C)c2nc(C)sc2C)nn1C. The quantitative estimate of drug-likeness (QED) is 0.924. The molecule has 2 rings (SSSR count). The van der Waals surface area contributed by atoms with Gasteiger partial charge in [0.05, 0.1) is 23.9 Å². The highest BCUT2D eigenvalue weighted by Crippen LogP contribution is 2.26. The van der Waals surface area contributed by atoms with Crippen molar-refractivity contribution in [2.75, 3.05) is 12.4 Å². The van der Waals surface area contributed by atoms with E-state index in [0.29, 0.717) is 0 Å². The highest BCUT2D eigenvalue weighted by atomic mass is 32.1. The molecule has 0 aliphatic rings. The number of ether oxygens (including phenoxy) is 1. The Morgan fingerprint density at radius 2 is 2.17 bits per heavy atom. The van der Waals surface area contributed by atoms with Gasteiger partial charge < -0.3 is 10.1 Å². The third-order valence-corrected chi connectivity index (χ3v) is 3.66. The van der Waals surface area contributed by atoms with E-state index in [2.05, 4.69) is 29.2 Å². The van der Waals surface area contributed by atoms with E-state index in [1.54, 1.807) is 23.1 Å². The number of methoxy groups -OCH3 is 1. The van der Waals surface area contributed by atoms with Gasteiger partial charge in [0.15, 0.2) is 5.82 Å². The Balaban J connectivity index is 2.15. The first-order valence-electron chi connectivity index (χ1n) is 5.79. The summed E-state index contributed by atoms with van der Waals surface area (Å²) in [5, 5.41) is 8.77. The first kappa shape index (κ1) is 12.9. The molecule has 0 fully saturated rings.